The zero-order chi connectivity index (χ0) is 11.5. The van der Waals surface area contributed by atoms with Crippen molar-refractivity contribution in [1.82, 2.24) is 4.98 Å². The summed E-state index contributed by atoms with van der Waals surface area (Å²) < 4.78 is 0. The van der Waals surface area contributed by atoms with Crippen molar-refractivity contribution in [1.29, 1.82) is 0 Å². The van der Waals surface area contributed by atoms with E-state index in [1.54, 1.807) is 0 Å². The second-order valence-corrected chi connectivity index (χ2v) is 5.08. The van der Waals surface area contributed by atoms with Crippen LogP contribution in [0.15, 0.2) is 18.2 Å². The SMILES string of the molecule is CC(C)Nc1cccc(NC(C)(C)C)n1. The van der Waals surface area contributed by atoms with E-state index in [0.717, 1.165) is 11.6 Å². The third-order valence-corrected chi connectivity index (χ3v) is 1.69. The molecule has 15 heavy (non-hydrogen) atoms. The first-order chi connectivity index (χ1) is 6.87. The first kappa shape index (κ1) is 11.8. The van der Waals surface area contributed by atoms with Crippen LogP contribution in [0.1, 0.15) is 34.6 Å². The molecular weight excluding hydrogens is 186 g/mol. The molecule has 0 saturated heterocycles. The summed E-state index contributed by atoms with van der Waals surface area (Å²) in [5, 5.41) is 6.62. The van der Waals surface area contributed by atoms with Gasteiger partial charge in [-0.25, -0.2) is 4.98 Å². The number of nitrogens with zero attached hydrogens (tertiary/aromatic N) is 1. The Hall–Kier alpha value is -1.25. The maximum atomic E-state index is 4.48. The molecule has 1 heterocycles. The summed E-state index contributed by atoms with van der Waals surface area (Å²) in [5.74, 6) is 1.83. The number of nitrogens with one attached hydrogen (secondary N) is 2. The standard InChI is InChI=1S/C12H21N3/c1-9(2)13-10-7-6-8-11(14-10)15-12(3,4)5/h6-9H,1-5H3,(H2,13,14,15). The van der Waals surface area contributed by atoms with Crippen LogP contribution in [0.5, 0.6) is 0 Å². The van der Waals surface area contributed by atoms with Gasteiger partial charge in [0.2, 0.25) is 0 Å². The maximum absolute atomic E-state index is 4.48. The monoisotopic (exact) mass is 207 g/mol. The second kappa shape index (κ2) is 4.51. The van der Waals surface area contributed by atoms with Crippen molar-refractivity contribution in [3.63, 3.8) is 0 Å². The number of aromatic nitrogens is 1. The van der Waals surface area contributed by atoms with Crippen LogP contribution in [-0.4, -0.2) is 16.6 Å². The Kier molecular flexibility index (Phi) is 3.56. The molecule has 0 saturated carbocycles. The van der Waals surface area contributed by atoms with Gasteiger partial charge in [0.25, 0.3) is 0 Å². The Labute approximate surface area is 92.3 Å². The van der Waals surface area contributed by atoms with Gasteiger partial charge in [-0.3, -0.25) is 0 Å². The number of rotatable bonds is 3. The molecule has 0 amide bonds. The average Bonchev–Trinajstić information content (AvgIpc) is 1.99. The van der Waals surface area contributed by atoms with E-state index >= 15 is 0 Å². The van der Waals surface area contributed by atoms with Gasteiger partial charge < -0.3 is 10.6 Å². The van der Waals surface area contributed by atoms with Gasteiger partial charge in [0.1, 0.15) is 11.6 Å². The molecule has 0 fully saturated rings. The quantitative estimate of drug-likeness (QED) is 0.799. The highest BCUT2D eigenvalue weighted by Gasteiger charge is 2.10. The van der Waals surface area contributed by atoms with Crippen LogP contribution in [0.3, 0.4) is 0 Å². The normalized spacial score (nSPS) is 11.6. The first-order valence-corrected chi connectivity index (χ1v) is 5.38. The Balaban J connectivity index is 2.74. The van der Waals surface area contributed by atoms with Gasteiger partial charge in [-0.2, -0.15) is 0 Å². The van der Waals surface area contributed by atoms with Gasteiger partial charge in [-0.05, 0) is 46.8 Å². The van der Waals surface area contributed by atoms with Crippen molar-refractivity contribution in [2.45, 2.75) is 46.2 Å². The zero-order valence-corrected chi connectivity index (χ0v) is 10.3. The molecule has 0 bridgehead atoms. The lowest BCUT2D eigenvalue weighted by Crippen LogP contribution is -2.26. The van der Waals surface area contributed by atoms with E-state index in [4.69, 9.17) is 0 Å². The summed E-state index contributed by atoms with van der Waals surface area (Å²) in [4.78, 5) is 4.48. The van der Waals surface area contributed by atoms with E-state index in [2.05, 4.69) is 50.2 Å². The van der Waals surface area contributed by atoms with E-state index in [9.17, 15) is 0 Å². The average molecular weight is 207 g/mol. The van der Waals surface area contributed by atoms with Gasteiger partial charge in [-0.1, -0.05) is 6.07 Å². The van der Waals surface area contributed by atoms with E-state index in [0.29, 0.717) is 6.04 Å². The molecule has 84 valence electrons. The molecule has 0 spiro atoms. The highest BCUT2D eigenvalue weighted by molar-refractivity contribution is 5.46. The Morgan fingerprint density at radius 1 is 1.13 bits per heavy atom. The Morgan fingerprint density at radius 3 is 2.27 bits per heavy atom. The lowest BCUT2D eigenvalue weighted by atomic mass is 10.1. The lowest BCUT2D eigenvalue weighted by Gasteiger charge is -2.21. The number of pyridine rings is 1. The fourth-order valence-electron chi connectivity index (χ4n) is 1.26. The lowest BCUT2D eigenvalue weighted by molar-refractivity contribution is 0.630. The first-order valence-electron chi connectivity index (χ1n) is 5.38. The van der Waals surface area contributed by atoms with Crippen molar-refractivity contribution >= 4 is 11.6 Å². The molecule has 3 heteroatoms. The molecule has 3 nitrogen and oxygen atoms in total. The molecular formula is C12H21N3. The van der Waals surface area contributed by atoms with Crippen LogP contribution in [0.25, 0.3) is 0 Å². The fraction of sp³-hybridized carbons (Fsp3) is 0.583. The minimum Gasteiger partial charge on any atom is -0.368 e. The summed E-state index contributed by atoms with van der Waals surface area (Å²) >= 11 is 0. The Bertz CT molecular complexity index is 313. The fourth-order valence-corrected chi connectivity index (χ4v) is 1.26. The van der Waals surface area contributed by atoms with Crippen LogP contribution in [0, 0.1) is 0 Å². The molecule has 0 radical (unpaired) electrons. The molecule has 0 aromatic carbocycles. The topological polar surface area (TPSA) is 37.0 Å². The minimum absolute atomic E-state index is 0.0451. The van der Waals surface area contributed by atoms with Gasteiger partial charge in [0.15, 0.2) is 0 Å². The smallest absolute Gasteiger partial charge is 0.128 e. The predicted molar refractivity (Wildman–Crippen MR) is 66.4 cm³/mol. The van der Waals surface area contributed by atoms with Crippen molar-refractivity contribution in [3.05, 3.63) is 18.2 Å². The van der Waals surface area contributed by atoms with E-state index in [-0.39, 0.29) is 5.54 Å². The minimum atomic E-state index is 0.0451. The molecule has 0 aliphatic rings. The van der Waals surface area contributed by atoms with Crippen LogP contribution in [0.4, 0.5) is 11.6 Å². The van der Waals surface area contributed by atoms with Gasteiger partial charge >= 0.3 is 0 Å². The molecule has 1 aromatic rings. The van der Waals surface area contributed by atoms with Gasteiger partial charge in [0.05, 0.1) is 0 Å². The van der Waals surface area contributed by atoms with Crippen molar-refractivity contribution in [2.24, 2.45) is 0 Å². The molecule has 0 atom stereocenters. The summed E-state index contributed by atoms with van der Waals surface area (Å²) in [6.45, 7) is 10.6. The van der Waals surface area contributed by atoms with E-state index < -0.39 is 0 Å². The summed E-state index contributed by atoms with van der Waals surface area (Å²) in [6, 6.07) is 6.37. The summed E-state index contributed by atoms with van der Waals surface area (Å²) in [6.07, 6.45) is 0. The molecule has 0 aliphatic carbocycles. The van der Waals surface area contributed by atoms with Gasteiger partial charge in [0, 0.05) is 11.6 Å². The molecule has 0 unspecified atom stereocenters. The van der Waals surface area contributed by atoms with Crippen LogP contribution < -0.4 is 10.6 Å². The molecule has 1 rings (SSSR count). The van der Waals surface area contributed by atoms with E-state index in [1.807, 2.05) is 18.2 Å². The third kappa shape index (κ3) is 4.68. The van der Waals surface area contributed by atoms with Crippen LogP contribution >= 0.6 is 0 Å². The molecule has 2 N–H and O–H groups in total. The summed E-state index contributed by atoms with van der Waals surface area (Å²) in [7, 11) is 0. The van der Waals surface area contributed by atoms with E-state index in [1.165, 1.54) is 0 Å². The van der Waals surface area contributed by atoms with Crippen molar-refractivity contribution in [2.75, 3.05) is 10.6 Å². The predicted octanol–water partition coefficient (Wildman–Crippen LogP) is 3.11. The molecule has 1 aromatic heterocycles. The van der Waals surface area contributed by atoms with Crippen LogP contribution in [-0.2, 0) is 0 Å². The maximum Gasteiger partial charge on any atom is 0.128 e. The van der Waals surface area contributed by atoms with Crippen molar-refractivity contribution < 1.29 is 0 Å². The highest BCUT2D eigenvalue weighted by atomic mass is 15.1. The Morgan fingerprint density at radius 2 is 1.73 bits per heavy atom. The van der Waals surface area contributed by atoms with Crippen molar-refractivity contribution in [3.8, 4) is 0 Å². The number of hydrogen-bond donors (Lipinski definition) is 2. The third-order valence-electron chi connectivity index (χ3n) is 1.69. The summed E-state index contributed by atoms with van der Waals surface area (Å²) in [5.41, 5.74) is 0.0451. The van der Waals surface area contributed by atoms with Crippen LogP contribution in [0.2, 0.25) is 0 Å². The highest BCUT2D eigenvalue weighted by Crippen LogP contribution is 2.14. The molecule has 0 aliphatic heterocycles. The zero-order valence-electron chi connectivity index (χ0n) is 10.3. The van der Waals surface area contributed by atoms with Gasteiger partial charge in [-0.15, -0.1) is 0 Å². The number of anilines is 2. The largest absolute Gasteiger partial charge is 0.368 e. The number of hydrogen-bond acceptors (Lipinski definition) is 3. The second-order valence-electron chi connectivity index (χ2n) is 5.08.